The van der Waals surface area contributed by atoms with Crippen LogP contribution in [0.2, 0.25) is 5.02 Å². The van der Waals surface area contributed by atoms with Crippen LogP contribution in [0, 0.1) is 0 Å². The van der Waals surface area contributed by atoms with Crippen LogP contribution in [0.25, 0.3) is 0 Å². The van der Waals surface area contributed by atoms with Crippen molar-refractivity contribution < 1.29 is 4.74 Å². The van der Waals surface area contributed by atoms with E-state index in [-0.39, 0.29) is 0 Å². The number of nitrogens with two attached hydrogens (primary N) is 1. The molecular formula is C17H21ClN6O. The van der Waals surface area contributed by atoms with Gasteiger partial charge in [-0.15, -0.1) is 0 Å². The van der Waals surface area contributed by atoms with Crippen molar-refractivity contribution in [3.63, 3.8) is 0 Å². The third-order valence-corrected chi connectivity index (χ3v) is 4.21. The quantitative estimate of drug-likeness (QED) is 0.496. The highest BCUT2D eigenvalue weighted by Gasteiger charge is 2.19. The van der Waals surface area contributed by atoms with E-state index >= 15 is 0 Å². The molecule has 2 heterocycles. The van der Waals surface area contributed by atoms with Crippen molar-refractivity contribution in [2.75, 3.05) is 44.2 Å². The van der Waals surface area contributed by atoms with Crippen LogP contribution in [0.4, 0.5) is 5.95 Å². The number of halogens is 1. The Balaban J connectivity index is 1.43. The summed E-state index contributed by atoms with van der Waals surface area (Å²) in [6, 6.07) is 9.19. The number of aliphatic imine (C=N–C) groups is 1. The summed E-state index contributed by atoms with van der Waals surface area (Å²) in [5.41, 5.74) is 6.09. The van der Waals surface area contributed by atoms with Gasteiger partial charge in [0.25, 0.3) is 0 Å². The summed E-state index contributed by atoms with van der Waals surface area (Å²) in [5.74, 6) is 1.96. The number of ether oxygens (including phenoxy) is 1. The lowest BCUT2D eigenvalue weighted by Gasteiger charge is -2.35. The van der Waals surface area contributed by atoms with Crippen LogP contribution in [0.5, 0.6) is 5.75 Å². The summed E-state index contributed by atoms with van der Waals surface area (Å²) < 4.78 is 5.61. The summed E-state index contributed by atoms with van der Waals surface area (Å²) >= 11 is 6.04. The van der Waals surface area contributed by atoms with Crippen LogP contribution in [-0.2, 0) is 0 Å². The summed E-state index contributed by atoms with van der Waals surface area (Å²) in [6.07, 6.45) is 3.51. The Morgan fingerprint density at radius 2 is 1.84 bits per heavy atom. The highest BCUT2D eigenvalue weighted by molar-refractivity contribution is 6.32. The molecule has 2 aromatic rings. The Morgan fingerprint density at radius 1 is 1.12 bits per heavy atom. The largest absolute Gasteiger partial charge is 0.490 e. The minimum Gasteiger partial charge on any atom is -0.490 e. The zero-order valence-corrected chi connectivity index (χ0v) is 14.6. The molecule has 0 spiro atoms. The summed E-state index contributed by atoms with van der Waals surface area (Å²) in [6.45, 7) is 4.13. The summed E-state index contributed by atoms with van der Waals surface area (Å²) in [4.78, 5) is 17.2. The first-order valence-corrected chi connectivity index (χ1v) is 8.56. The number of rotatable bonds is 5. The van der Waals surface area contributed by atoms with E-state index in [0.29, 0.717) is 29.9 Å². The maximum absolute atomic E-state index is 6.09. The Kier molecular flexibility index (Phi) is 5.90. The van der Waals surface area contributed by atoms with Crippen LogP contribution in [0.1, 0.15) is 0 Å². The molecule has 25 heavy (non-hydrogen) atoms. The lowest BCUT2D eigenvalue weighted by molar-refractivity contribution is 0.326. The van der Waals surface area contributed by atoms with Crippen LogP contribution in [-0.4, -0.2) is 60.2 Å². The van der Waals surface area contributed by atoms with Crippen molar-refractivity contribution in [3.8, 4) is 5.75 Å². The Bertz CT molecular complexity index is 703. The number of nitrogens with zero attached hydrogens (tertiary/aromatic N) is 5. The average molecular weight is 361 g/mol. The molecule has 2 N–H and O–H groups in total. The van der Waals surface area contributed by atoms with E-state index in [2.05, 4.69) is 24.8 Å². The molecule has 1 fully saturated rings. The molecule has 0 unspecified atom stereocenters. The fourth-order valence-electron chi connectivity index (χ4n) is 2.57. The lowest BCUT2D eigenvalue weighted by Crippen LogP contribution is -2.51. The molecule has 0 saturated carbocycles. The molecule has 0 atom stereocenters. The average Bonchev–Trinajstić information content (AvgIpc) is 2.67. The van der Waals surface area contributed by atoms with Crippen molar-refractivity contribution in [1.29, 1.82) is 0 Å². The minimum atomic E-state index is 0.433. The van der Waals surface area contributed by atoms with Gasteiger partial charge in [-0.1, -0.05) is 23.7 Å². The first-order chi connectivity index (χ1) is 12.2. The normalized spacial score (nSPS) is 15.3. The molecule has 3 rings (SSSR count). The van der Waals surface area contributed by atoms with Gasteiger partial charge >= 0.3 is 0 Å². The SMILES string of the molecule is NC(=NCCOc1ccccc1Cl)N1CCN(c2ncccn2)CC1. The van der Waals surface area contributed by atoms with Gasteiger partial charge in [-0.25, -0.2) is 15.0 Å². The van der Waals surface area contributed by atoms with Crippen LogP contribution in [0.3, 0.4) is 0 Å². The van der Waals surface area contributed by atoms with Crippen molar-refractivity contribution in [2.45, 2.75) is 0 Å². The minimum absolute atomic E-state index is 0.433. The van der Waals surface area contributed by atoms with E-state index in [0.717, 1.165) is 32.1 Å². The molecule has 1 aliphatic rings. The van der Waals surface area contributed by atoms with Gasteiger partial charge in [0.05, 0.1) is 11.6 Å². The van der Waals surface area contributed by atoms with Gasteiger partial charge in [-0.3, -0.25) is 0 Å². The van der Waals surface area contributed by atoms with E-state index in [9.17, 15) is 0 Å². The van der Waals surface area contributed by atoms with Gasteiger partial charge in [0.15, 0.2) is 5.96 Å². The van der Waals surface area contributed by atoms with E-state index in [4.69, 9.17) is 22.1 Å². The number of anilines is 1. The number of hydrogen-bond donors (Lipinski definition) is 1. The van der Waals surface area contributed by atoms with Gasteiger partial charge in [0, 0.05) is 38.6 Å². The molecule has 1 aliphatic heterocycles. The monoisotopic (exact) mass is 360 g/mol. The molecule has 132 valence electrons. The Labute approximate surface area is 152 Å². The molecule has 1 saturated heterocycles. The molecular weight excluding hydrogens is 340 g/mol. The van der Waals surface area contributed by atoms with E-state index in [1.807, 2.05) is 24.3 Å². The molecule has 1 aromatic heterocycles. The van der Waals surface area contributed by atoms with Gasteiger partial charge in [0.1, 0.15) is 12.4 Å². The number of hydrogen-bond acceptors (Lipinski definition) is 5. The number of guanidine groups is 1. The zero-order chi connectivity index (χ0) is 17.5. The highest BCUT2D eigenvalue weighted by atomic mass is 35.5. The molecule has 0 amide bonds. The van der Waals surface area contributed by atoms with Crippen molar-refractivity contribution in [1.82, 2.24) is 14.9 Å². The standard InChI is InChI=1S/C17H21ClN6O/c18-14-4-1-2-5-15(14)25-13-8-20-16(19)23-9-11-24(12-10-23)17-21-6-3-7-22-17/h1-7H,8-13H2,(H2,19,20). The lowest BCUT2D eigenvalue weighted by atomic mass is 10.3. The predicted molar refractivity (Wildman–Crippen MR) is 99.3 cm³/mol. The fourth-order valence-corrected chi connectivity index (χ4v) is 2.76. The predicted octanol–water partition coefficient (Wildman–Crippen LogP) is 1.65. The van der Waals surface area contributed by atoms with E-state index in [1.165, 1.54) is 0 Å². The Morgan fingerprint density at radius 3 is 2.56 bits per heavy atom. The third kappa shape index (κ3) is 4.73. The van der Waals surface area contributed by atoms with Crippen LogP contribution in [0.15, 0.2) is 47.7 Å². The second-order valence-corrected chi connectivity index (χ2v) is 5.95. The first-order valence-electron chi connectivity index (χ1n) is 8.18. The molecule has 1 aromatic carbocycles. The second-order valence-electron chi connectivity index (χ2n) is 5.54. The molecule has 0 radical (unpaired) electrons. The second kappa shape index (κ2) is 8.53. The summed E-state index contributed by atoms with van der Waals surface area (Å²) in [5, 5.41) is 0.596. The molecule has 0 aliphatic carbocycles. The number of piperazine rings is 1. The maximum atomic E-state index is 6.09. The molecule has 0 bridgehead atoms. The van der Waals surface area contributed by atoms with Crippen molar-refractivity contribution in [3.05, 3.63) is 47.7 Å². The fraction of sp³-hybridized carbons (Fsp3) is 0.353. The van der Waals surface area contributed by atoms with Gasteiger partial charge in [-0.05, 0) is 18.2 Å². The number of para-hydroxylation sites is 1. The first kappa shape index (κ1) is 17.3. The van der Waals surface area contributed by atoms with Crippen molar-refractivity contribution in [2.24, 2.45) is 10.7 Å². The zero-order valence-electron chi connectivity index (χ0n) is 13.9. The number of aromatic nitrogens is 2. The Hall–Kier alpha value is -2.54. The van der Waals surface area contributed by atoms with E-state index in [1.54, 1.807) is 18.5 Å². The van der Waals surface area contributed by atoms with Crippen molar-refractivity contribution >= 4 is 23.5 Å². The van der Waals surface area contributed by atoms with E-state index < -0.39 is 0 Å². The smallest absolute Gasteiger partial charge is 0.225 e. The molecule has 8 heteroatoms. The third-order valence-electron chi connectivity index (χ3n) is 3.90. The molecule has 7 nitrogen and oxygen atoms in total. The maximum Gasteiger partial charge on any atom is 0.225 e. The number of benzene rings is 1. The summed E-state index contributed by atoms with van der Waals surface area (Å²) in [7, 11) is 0. The van der Waals surface area contributed by atoms with Crippen LogP contribution >= 0.6 is 11.6 Å². The topological polar surface area (TPSA) is 79.9 Å². The van der Waals surface area contributed by atoms with Gasteiger partial charge < -0.3 is 20.3 Å². The van der Waals surface area contributed by atoms with Gasteiger partial charge in [-0.2, -0.15) is 0 Å². The van der Waals surface area contributed by atoms with Crippen LogP contribution < -0.4 is 15.4 Å². The highest BCUT2D eigenvalue weighted by Crippen LogP contribution is 2.22. The van der Waals surface area contributed by atoms with Gasteiger partial charge in [0.2, 0.25) is 5.95 Å².